The summed E-state index contributed by atoms with van der Waals surface area (Å²) in [5.41, 5.74) is 14.4. The number of hydrogen-bond acceptors (Lipinski definition) is 4. The van der Waals surface area contributed by atoms with Gasteiger partial charge in [0.25, 0.3) is 0 Å². The van der Waals surface area contributed by atoms with E-state index in [2.05, 4.69) is 102 Å². The van der Waals surface area contributed by atoms with Gasteiger partial charge in [-0.15, -0.1) is 71.3 Å². The van der Waals surface area contributed by atoms with Gasteiger partial charge < -0.3 is 9.97 Å². The molecule has 0 spiro atoms. The van der Waals surface area contributed by atoms with E-state index >= 15 is 0 Å². The summed E-state index contributed by atoms with van der Waals surface area (Å²) >= 11 is 0. The molecule has 0 bridgehead atoms. The minimum atomic E-state index is 0. The molecule has 9 rings (SSSR count). The number of hydrogen-bond donors (Lipinski definition) is 0. The van der Waals surface area contributed by atoms with Gasteiger partial charge in [0.15, 0.2) is 0 Å². The Morgan fingerprint density at radius 1 is 0.472 bits per heavy atom. The van der Waals surface area contributed by atoms with Crippen molar-refractivity contribution in [2.75, 3.05) is 0 Å². The summed E-state index contributed by atoms with van der Waals surface area (Å²) in [6, 6.07) is 54.2. The van der Waals surface area contributed by atoms with E-state index in [0.29, 0.717) is 0 Å². The third-order valence-corrected chi connectivity index (χ3v) is 9.36. The van der Waals surface area contributed by atoms with Gasteiger partial charge in [0.2, 0.25) is 0 Å². The molecule has 0 aliphatic carbocycles. The number of aromatic nitrogens is 4. The quantitative estimate of drug-likeness (QED) is 0.128. The standard InChI is InChI=1S/C37H26N3.C11H8N.Ir/c1-24-13-15-30(25(2)37(24)28-9-5-8-27(20-28)35-12-3-4-18-39-35)34-22-36-32(11-7-19-40-36)31-16-14-26(21-33(31)34)29-10-6-17-38-23-29;1-2-6-10(7-3-1)11-8-4-5-9-12-11;/h3-7,9-23H,1-2H3;1-6,8-9H;/q2*-1;. The SMILES string of the molecule is Cc1ccc(-c2cc3ncccc3c3ccc(-c4cccnc4)cc23)c(C)c1-c1cc[c-]c(-c2ccccn2)c1.[Ir].[c-]1ccccc1-c1ccccn1. The Morgan fingerprint density at radius 3 is 1.96 bits per heavy atom. The van der Waals surface area contributed by atoms with Crippen molar-refractivity contribution in [2.45, 2.75) is 13.8 Å². The van der Waals surface area contributed by atoms with Gasteiger partial charge in [-0.1, -0.05) is 60.7 Å². The molecule has 0 unspecified atom stereocenters. The van der Waals surface area contributed by atoms with Crippen molar-refractivity contribution in [2.24, 2.45) is 0 Å². The first-order chi connectivity index (χ1) is 25.6. The second-order valence-electron chi connectivity index (χ2n) is 12.6. The minimum Gasteiger partial charge on any atom is -0.305 e. The van der Waals surface area contributed by atoms with Crippen LogP contribution in [0.25, 0.3) is 77.6 Å². The van der Waals surface area contributed by atoms with Gasteiger partial charge in [0.05, 0.1) is 5.52 Å². The van der Waals surface area contributed by atoms with Crippen LogP contribution in [0, 0.1) is 26.0 Å². The summed E-state index contributed by atoms with van der Waals surface area (Å²) in [7, 11) is 0. The molecular formula is C48H34IrN4-2. The Hall–Kier alpha value is -6.13. The van der Waals surface area contributed by atoms with Crippen molar-refractivity contribution in [1.29, 1.82) is 0 Å². The van der Waals surface area contributed by atoms with Gasteiger partial charge in [-0.05, 0) is 106 Å². The van der Waals surface area contributed by atoms with E-state index in [0.717, 1.165) is 50.1 Å². The molecule has 0 fully saturated rings. The van der Waals surface area contributed by atoms with E-state index in [9.17, 15) is 0 Å². The largest absolute Gasteiger partial charge is 0.305 e. The Bertz CT molecular complexity index is 2590. The molecule has 5 heteroatoms. The summed E-state index contributed by atoms with van der Waals surface area (Å²) in [5, 5.41) is 3.56. The van der Waals surface area contributed by atoms with Crippen LogP contribution in [0.2, 0.25) is 0 Å². The second-order valence-corrected chi connectivity index (χ2v) is 12.6. The molecule has 4 heterocycles. The van der Waals surface area contributed by atoms with Gasteiger partial charge in [-0.3, -0.25) is 9.97 Å². The predicted octanol–water partition coefficient (Wildman–Crippen LogP) is 11.8. The van der Waals surface area contributed by atoms with Gasteiger partial charge in [-0.25, -0.2) is 0 Å². The van der Waals surface area contributed by atoms with Crippen molar-refractivity contribution in [3.05, 3.63) is 194 Å². The molecule has 9 aromatic rings. The molecule has 0 amide bonds. The number of nitrogens with zero attached hydrogens (tertiary/aromatic N) is 4. The number of fused-ring (bicyclic) bond motifs is 3. The molecule has 0 saturated heterocycles. The fourth-order valence-electron chi connectivity index (χ4n) is 6.86. The molecule has 0 aliphatic rings. The first-order valence-corrected chi connectivity index (χ1v) is 17.3. The Labute approximate surface area is 323 Å². The zero-order valence-electron chi connectivity index (χ0n) is 29.3. The van der Waals surface area contributed by atoms with Gasteiger partial charge in [-0.2, -0.15) is 0 Å². The maximum Gasteiger partial charge on any atom is 0.0714 e. The zero-order chi connectivity index (χ0) is 35.3. The molecular weight excluding hydrogens is 825 g/mol. The van der Waals surface area contributed by atoms with Crippen molar-refractivity contribution >= 4 is 21.7 Å². The molecule has 0 aliphatic heterocycles. The second kappa shape index (κ2) is 16.0. The van der Waals surface area contributed by atoms with Crippen molar-refractivity contribution in [3.8, 4) is 55.9 Å². The minimum absolute atomic E-state index is 0. The Morgan fingerprint density at radius 2 is 1.23 bits per heavy atom. The first kappa shape index (κ1) is 35.3. The molecule has 257 valence electrons. The molecule has 0 atom stereocenters. The van der Waals surface area contributed by atoms with E-state index in [1.807, 2.05) is 104 Å². The van der Waals surface area contributed by atoms with E-state index < -0.39 is 0 Å². The summed E-state index contributed by atoms with van der Waals surface area (Å²) < 4.78 is 0. The summed E-state index contributed by atoms with van der Waals surface area (Å²) in [6.07, 6.45) is 9.22. The van der Waals surface area contributed by atoms with E-state index in [1.165, 1.54) is 38.6 Å². The Balaban J connectivity index is 0.000000284. The van der Waals surface area contributed by atoms with Crippen LogP contribution < -0.4 is 0 Å². The molecule has 4 nitrogen and oxygen atoms in total. The van der Waals surface area contributed by atoms with Crippen LogP contribution >= 0.6 is 0 Å². The van der Waals surface area contributed by atoms with Crippen LogP contribution in [0.5, 0.6) is 0 Å². The fraction of sp³-hybridized carbons (Fsp3) is 0.0417. The smallest absolute Gasteiger partial charge is 0.0714 e. The molecule has 53 heavy (non-hydrogen) atoms. The third kappa shape index (κ3) is 7.45. The summed E-state index contributed by atoms with van der Waals surface area (Å²) in [5.74, 6) is 0. The zero-order valence-corrected chi connectivity index (χ0v) is 31.7. The van der Waals surface area contributed by atoms with Crippen LogP contribution in [-0.2, 0) is 20.1 Å². The number of rotatable bonds is 5. The average Bonchev–Trinajstić information content (AvgIpc) is 3.22. The van der Waals surface area contributed by atoms with Crippen LogP contribution in [0.3, 0.4) is 0 Å². The molecule has 5 aromatic carbocycles. The fourth-order valence-corrected chi connectivity index (χ4v) is 6.86. The van der Waals surface area contributed by atoms with Crippen molar-refractivity contribution < 1.29 is 20.1 Å². The van der Waals surface area contributed by atoms with E-state index in [1.54, 1.807) is 6.20 Å². The van der Waals surface area contributed by atoms with Crippen LogP contribution in [0.1, 0.15) is 11.1 Å². The van der Waals surface area contributed by atoms with Gasteiger partial charge in [0.1, 0.15) is 0 Å². The Kier molecular flexibility index (Phi) is 10.7. The molecule has 1 radical (unpaired) electrons. The molecule has 4 aromatic heterocycles. The maximum atomic E-state index is 4.75. The topological polar surface area (TPSA) is 51.6 Å². The van der Waals surface area contributed by atoms with E-state index in [-0.39, 0.29) is 20.1 Å². The predicted molar refractivity (Wildman–Crippen MR) is 213 cm³/mol. The normalized spacial score (nSPS) is 10.7. The van der Waals surface area contributed by atoms with Crippen molar-refractivity contribution in [3.63, 3.8) is 0 Å². The maximum absolute atomic E-state index is 4.75. The van der Waals surface area contributed by atoms with Crippen LogP contribution in [-0.4, -0.2) is 19.9 Å². The number of pyridine rings is 4. The van der Waals surface area contributed by atoms with Crippen LogP contribution in [0.15, 0.2) is 171 Å². The van der Waals surface area contributed by atoms with Gasteiger partial charge >= 0.3 is 0 Å². The van der Waals surface area contributed by atoms with E-state index in [4.69, 9.17) is 4.98 Å². The van der Waals surface area contributed by atoms with Crippen molar-refractivity contribution in [1.82, 2.24) is 19.9 Å². The molecule has 0 saturated carbocycles. The first-order valence-electron chi connectivity index (χ1n) is 17.3. The van der Waals surface area contributed by atoms with Gasteiger partial charge in [0, 0.05) is 62.0 Å². The average molecular weight is 859 g/mol. The summed E-state index contributed by atoms with van der Waals surface area (Å²) in [4.78, 5) is 17.9. The monoisotopic (exact) mass is 859 g/mol. The number of benzene rings is 5. The third-order valence-electron chi connectivity index (χ3n) is 9.36. The summed E-state index contributed by atoms with van der Waals surface area (Å²) in [6.45, 7) is 4.41. The number of aryl methyl sites for hydroxylation is 1. The molecule has 0 N–H and O–H groups in total. The van der Waals surface area contributed by atoms with Crippen LogP contribution in [0.4, 0.5) is 0 Å².